The van der Waals surface area contributed by atoms with Crippen LogP contribution in [0.4, 0.5) is 8.78 Å². The molecule has 2 atom stereocenters. The highest BCUT2D eigenvalue weighted by Crippen LogP contribution is 2.16. The monoisotopic (exact) mass is 298 g/mol. The first kappa shape index (κ1) is 17.8. The van der Waals surface area contributed by atoms with Gasteiger partial charge in [0.15, 0.2) is 17.4 Å². The van der Waals surface area contributed by atoms with Gasteiger partial charge in [-0.1, -0.05) is 33.1 Å². The minimum absolute atomic E-state index is 0.142. The van der Waals surface area contributed by atoms with E-state index >= 15 is 0 Å². The Bertz CT molecular complexity index is 460. The smallest absolute Gasteiger partial charge is 0.191 e. The van der Waals surface area contributed by atoms with Crippen molar-refractivity contribution in [1.82, 2.24) is 0 Å². The summed E-state index contributed by atoms with van der Waals surface area (Å²) in [7, 11) is 0. The topological polar surface area (TPSA) is 26.3 Å². The Balaban J connectivity index is 2.55. The number of Topliss-reactive ketones (excluding diaryl/α,β-unsaturated/α-hetero) is 1. The highest BCUT2D eigenvalue weighted by molar-refractivity contribution is 5.99. The number of carbonyl (C=O) groups excluding carboxylic acids is 1. The largest absolute Gasteiger partial charge is 0.370 e. The van der Waals surface area contributed by atoms with Crippen molar-refractivity contribution in [3.8, 4) is 0 Å². The second-order valence-electron chi connectivity index (χ2n) is 5.39. The first-order valence-electron chi connectivity index (χ1n) is 7.60. The SMILES string of the molecule is CCCCC(CC)COC(C)C(=O)c1ccc(F)c(F)c1. The maximum Gasteiger partial charge on any atom is 0.191 e. The average molecular weight is 298 g/mol. The molecule has 0 N–H and O–H groups in total. The Kier molecular flexibility index (Phi) is 7.51. The van der Waals surface area contributed by atoms with Gasteiger partial charge in [0.25, 0.3) is 0 Å². The molecule has 0 radical (unpaired) electrons. The van der Waals surface area contributed by atoms with Crippen LogP contribution in [0.3, 0.4) is 0 Å². The second kappa shape index (κ2) is 8.88. The van der Waals surface area contributed by atoms with Gasteiger partial charge >= 0.3 is 0 Å². The van der Waals surface area contributed by atoms with Crippen molar-refractivity contribution in [2.75, 3.05) is 6.61 Å². The quantitative estimate of drug-likeness (QED) is 0.614. The van der Waals surface area contributed by atoms with Crippen LogP contribution in [-0.4, -0.2) is 18.5 Å². The third-order valence-corrected chi connectivity index (χ3v) is 3.70. The number of ketones is 1. The predicted molar refractivity (Wildman–Crippen MR) is 79.4 cm³/mol. The molecule has 1 aromatic carbocycles. The lowest BCUT2D eigenvalue weighted by molar-refractivity contribution is 0.0321. The number of rotatable bonds is 9. The van der Waals surface area contributed by atoms with Crippen molar-refractivity contribution >= 4 is 5.78 Å². The van der Waals surface area contributed by atoms with Crippen LogP contribution in [0, 0.1) is 17.6 Å². The van der Waals surface area contributed by atoms with Crippen LogP contribution in [0.25, 0.3) is 0 Å². The number of unbranched alkanes of at least 4 members (excludes halogenated alkanes) is 1. The summed E-state index contributed by atoms with van der Waals surface area (Å²) in [5.74, 6) is -1.85. The lowest BCUT2D eigenvalue weighted by Gasteiger charge is -2.18. The zero-order chi connectivity index (χ0) is 15.8. The molecule has 0 aliphatic carbocycles. The Morgan fingerprint density at radius 2 is 1.95 bits per heavy atom. The van der Waals surface area contributed by atoms with Crippen LogP contribution < -0.4 is 0 Å². The third kappa shape index (κ3) is 5.54. The molecule has 1 rings (SSSR count). The molecule has 2 unspecified atom stereocenters. The van der Waals surface area contributed by atoms with E-state index in [4.69, 9.17) is 4.74 Å². The van der Waals surface area contributed by atoms with Crippen molar-refractivity contribution in [3.05, 3.63) is 35.4 Å². The molecule has 0 amide bonds. The number of benzene rings is 1. The first-order chi connectivity index (χ1) is 9.99. The Labute approximate surface area is 125 Å². The maximum absolute atomic E-state index is 13.1. The molecule has 4 heteroatoms. The minimum Gasteiger partial charge on any atom is -0.370 e. The molecule has 0 aliphatic heterocycles. The fourth-order valence-electron chi connectivity index (χ4n) is 2.14. The van der Waals surface area contributed by atoms with E-state index in [-0.39, 0.29) is 11.3 Å². The molecule has 2 nitrogen and oxygen atoms in total. The van der Waals surface area contributed by atoms with E-state index < -0.39 is 17.7 Å². The van der Waals surface area contributed by atoms with Crippen molar-refractivity contribution < 1.29 is 18.3 Å². The molecule has 118 valence electrons. The summed E-state index contributed by atoms with van der Waals surface area (Å²) < 4.78 is 31.6. The Hall–Kier alpha value is -1.29. The molecule has 1 aromatic rings. The molecule has 0 aromatic heterocycles. The van der Waals surface area contributed by atoms with E-state index in [1.165, 1.54) is 6.07 Å². The van der Waals surface area contributed by atoms with Crippen molar-refractivity contribution in [3.63, 3.8) is 0 Å². The first-order valence-corrected chi connectivity index (χ1v) is 7.60. The Morgan fingerprint density at radius 3 is 2.52 bits per heavy atom. The molecule has 0 bridgehead atoms. The zero-order valence-corrected chi connectivity index (χ0v) is 13.0. The fourth-order valence-corrected chi connectivity index (χ4v) is 2.14. The van der Waals surface area contributed by atoms with Crippen LogP contribution in [0.15, 0.2) is 18.2 Å². The molecule has 0 spiro atoms. The summed E-state index contributed by atoms with van der Waals surface area (Å²) in [6, 6.07) is 3.17. The lowest BCUT2D eigenvalue weighted by atomic mass is 10.0. The molecule has 0 aliphatic rings. The zero-order valence-electron chi connectivity index (χ0n) is 13.0. The van der Waals surface area contributed by atoms with E-state index in [1.807, 2.05) is 0 Å². The van der Waals surface area contributed by atoms with E-state index in [2.05, 4.69) is 13.8 Å². The summed E-state index contributed by atoms with van der Waals surface area (Å²) in [5, 5.41) is 0. The van der Waals surface area contributed by atoms with Crippen molar-refractivity contribution in [2.45, 2.75) is 52.6 Å². The lowest BCUT2D eigenvalue weighted by Crippen LogP contribution is -2.24. The number of carbonyl (C=O) groups is 1. The Morgan fingerprint density at radius 1 is 1.24 bits per heavy atom. The van der Waals surface area contributed by atoms with Gasteiger partial charge in [0.05, 0.1) is 6.61 Å². The van der Waals surface area contributed by atoms with Crippen LogP contribution in [0.5, 0.6) is 0 Å². The van der Waals surface area contributed by atoms with E-state index in [9.17, 15) is 13.6 Å². The van der Waals surface area contributed by atoms with E-state index in [1.54, 1.807) is 6.92 Å². The van der Waals surface area contributed by atoms with Gasteiger partial charge in [0, 0.05) is 5.56 Å². The summed E-state index contributed by atoms with van der Waals surface area (Å²) in [6.45, 7) is 6.41. The molecular weight excluding hydrogens is 274 g/mol. The highest BCUT2D eigenvalue weighted by atomic mass is 19.2. The molecule has 0 fully saturated rings. The van der Waals surface area contributed by atoms with Gasteiger partial charge in [-0.25, -0.2) is 8.78 Å². The molecule has 0 saturated heterocycles. The van der Waals surface area contributed by atoms with E-state index in [0.29, 0.717) is 12.5 Å². The van der Waals surface area contributed by atoms with Gasteiger partial charge in [0.2, 0.25) is 0 Å². The van der Waals surface area contributed by atoms with Crippen molar-refractivity contribution in [2.24, 2.45) is 5.92 Å². The fraction of sp³-hybridized carbons (Fsp3) is 0.588. The second-order valence-corrected chi connectivity index (χ2v) is 5.39. The van der Waals surface area contributed by atoms with Crippen molar-refractivity contribution in [1.29, 1.82) is 0 Å². The molecule has 0 heterocycles. The van der Waals surface area contributed by atoms with Crippen LogP contribution >= 0.6 is 0 Å². The van der Waals surface area contributed by atoms with Gasteiger partial charge < -0.3 is 4.74 Å². The van der Waals surface area contributed by atoms with Crippen LogP contribution in [0.2, 0.25) is 0 Å². The third-order valence-electron chi connectivity index (χ3n) is 3.70. The maximum atomic E-state index is 13.1. The predicted octanol–water partition coefficient (Wildman–Crippen LogP) is 4.77. The standard InChI is InChI=1S/C17H24F2O2/c1-4-6-7-13(5-2)11-21-12(3)17(20)14-8-9-15(18)16(19)10-14/h8-10,12-13H,4-7,11H2,1-3H3. The van der Waals surface area contributed by atoms with Gasteiger partial charge in [-0.3, -0.25) is 4.79 Å². The summed E-state index contributed by atoms with van der Waals surface area (Å²) in [4.78, 5) is 12.1. The van der Waals surface area contributed by atoms with Gasteiger partial charge in [-0.05, 0) is 37.5 Å². The number of ether oxygens (including phenoxy) is 1. The summed E-state index contributed by atoms with van der Waals surface area (Å²) in [5.41, 5.74) is 0.142. The van der Waals surface area contributed by atoms with Crippen LogP contribution in [-0.2, 0) is 4.74 Å². The van der Waals surface area contributed by atoms with Gasteiger partial charge in [0.1, 0.15) is 6.10 Å². The average Bonchev–Trinajstić information content (AvgIpc) is 2.49. The van der Waals surface area contributed by atoms with E-state index in [0.717, 1.165) is 37.8 Å². The molecular formula is C17H24F2O2. The van der Waals surface area contributed by atoms with Crippen LogP contribution in [0.1, 0.15) is 56.8 Å². The normalized spacial score (nSPS) is 14.0. The summed E-state index contributed by atoms with van der Waals surface area (Å²) >= 11 is 0. The number of hydrogen-bond acceptors (Lipinski definition) is 2. The van der Waals surface area contributed by atoms with Gasteiger partial charge in [-0.15, -0.1) is 0 Å². The van der Waals surface area contributed by atoms with Gasteiger partial charge in [-0.2, -0.15) is 0 Å². The number of halogens is 2. The molecule has 21 heavy (non-hydrogen) atoms. The summed E-state index contributed by atoms with van der Waals surface area (Å²) in [6.07, 6.45) is 3.73. The molecule has 0 saturated carbocycles. The number of hydrogen-bond donors (Lipinski definition) is 0. The minimum atomic E-state index is -1.01. The highest BCUT2D eigenvalue weighted by Gasteiger charge is 2.19.